The van der Waals surface area contributed by atoms with Crippen LogP contribution in [0.2, 0.25) is 0 Å². The van der Waals surface area contributed by atoms with Gasteiger partial charge in [0.05, 0.1) is 29.4 Å². The van der Waals surface area contributed by atoms with Crippen LogP contribution in [0.3, 0.4) is 0 Å². The molecule has 166 valence electrons. The third-order valence-corrected chi connectivity index (χ3v) is 7.12. The molecule has 2 aromatic heterocycles. The minimum Gasteiger partial charge on any atom is -0.496 e. The van der Waals surface area contributed by atoms with E-state index in [2.05, 4.69) is 20.0 Å². The molecule has 1 aliphatic rings. The van der Waals surface area contributed by atoms with Crippen molar-refractivity contribution >= 4 is 26.4 Å². The fraction of sp³-hybridized carbons (Fsp3) is 0.318. The summed E-state index contributed by atoms with van der Waals surface area (Å²) in [6.07, 6.45) is 1.70. The molecule has 9 nitrogen and oxygen atoms in total. The highest BCUT2D eigenvalue weighted by Crippen LogP contribution is 2.32. The van der Waals surface area contributed by atoms with Crippen LogP contribution in [-0.4, -0.2) is 54.6 Å². The van der Waals surface area contributed by atoms with Crippen LogP contribution in [0.15, 0.2) is 47.4 Å². The van der Waals surface area contributed by atoms with Crippen molar-refractivity contribution in [1.82, 2.24) is 24.5 Å². The Morgan fingerprint density at radius 1 is 1.19 bits per heavy atom. The van der Waals surface area contributed by atoms with Crippen LogP contribution >= 0.6 is 0 Å². The molecular formula is C22H23N5O4S. The van der Waals surface area contributed by atoms with Crippen LogP contribution in [0.25, 0.3) is 27.8 Å². The van der Waals surface area contributed by atoms with Crippen molar-refractivity contribution in [3.63, 3.8) is 0 Å². The molecule has 1 N–H and O–H groups in total. The van der Waals surface area contributed by atoms with Crippen LogP contribution in [0.4, 0.5) is 0 Å². The largest absolute Gasteiger partial charge is 0.496 e. The summed E-state index contributed by atoms with van der Waals surface area (Å²) in [5.41, 5.74) is 1.89. The first kappa shape index (κ1) is 20.8. The standard InChI is InChI=1S/C22H23N5O4S/c1-14-17-7-3-4-8-18(17)21-24-25-22(27(21)26-14)19-12-16(9-10-20(19)30-2)32(28,29)23-13-15-6-5-11-31-15/h3-4,7-10,12,15,23H,5-6,11,13H2,1-2H3/t15-/m0/s1. The monoisotopic (exact) mass is 453 g/mol. The van der Waals surface area contributed by atoms with Crippen molar-refractivity contribution in [3.05, 3.63) is 48.2 Å². The van der Waals surface area contributed by atoms with Gasteiger partial charge in [0, 0.05) is 23.9 Å². The molecule has 1 aliphatic heterocycles. The molecule has 0 spiro atoms. The zero-order valence-electron chi connectivity index (χ0n) is 17.8. The topological polar surface area (TPSA) is 108 Å². The van der Waals surface area contributed by atoms with Gasteiger partial charge >= 0.3 is 0 Å². The van der Waals surface area contributed by atoms with Crippen molar-refractivity contribution in [2.45, 2.75) is 30.8 Å². The number of nitrogens with one attached hydrogen (secondary N) is 1. The average molecular weight is 454 g/mol. The number of nitrogens with zero attached hydrogens (tertiary/aromatic N) is 4. The summed E-state index contributed by atoms with van der Waals surface area (Å²) in [5.74, 6) is 0.881. The van der Waals surface area contributed by atoms with Gasteiger partial charge in [-0.2, -0.15) is 9.61 Å². The second-order valence-corrected chi connectivity index (χ2v) is 9.51. The van der Waals surface area contributed by atoms with Crippen molar-refractivity contribution < 1.29 is 17.9 Å². The summed E-state index contributed by atoms with van der Waals surface area (Å²) in [5, 5.41) is 15.2. The predicted octanol–water partition coefficient (Wildman–Crippen LogP) is 2.72. The lowest BCUT2D eigenvalue weighted by atomic mass is 10.1. The third kappa shape index (κ3) is 3.60. The van der Waals surface area contributed by atoms with Gasteiger partial charge in [0.1, 0.15) is 5.75 Å². The summed E-state index contributed by atoms with van der Waals surface area (Å²) in [6.45, 7) is 2.82. The van der Waals surface area contributed by atoms with Crippen LogP contribution in [0.5, 0.6) is 5.75 Å². The zero-order valence-corrected chi connectivity index (χ0v) is 18.6. The molecule has 1 fully saturated rings. The van der Waals surface area contributed by atoms with Crippen LogP contribution in [0.1, 0.15) is 18.5 Å². The molecular weight excluding hydrogens is 430 g/mol. The van der Waals surface area contributed by atoms with E-state index in [1.54, 1.807) is 16.6 Å². The van der Waals surface area contributed by atoms with Crippen molar-refractivity contribution in [3.8, 4) is 17.1 Å². The number of rotatable bonds is 6. The molecule has 4 aromatic rings. The van der Waals surface area contributed by atoms with Crippen LogP contribution in [-0.2, 0) is 14.8 Å². The molecule has 10 heteroatoms. The smallest absolute Gasteiger partial charge is 0.240 e. The Balaban J connectivity index is 1.59. The first-order valence-corrected chi connectivity index (χ1v) is 11.9. The molecule has 0 radical (unpaired) electrons. The van der Waals surface area contributed by atoms with E-state index in [-0.39, 0.29) is 17.5 Å². The quantitative estimate of drug-likeness (QED) is 0.478. The van der Waals surface area contributed by atoms with E-state index in [0.717, 1.165) is 29.3 Å². The van der Waals surface area contributed by atoms with Crippen LogP contribution in [0, 0.1) is 6.92 Å². The summed E-state index contributed by atoms with van der Waals surface area (Å²) in [6, 6.07) is 12.5. The maximum absolute atomic E-state index is 12.9. The van der Waals surface area contributed by atoms with Gasteiger partial charge in [-0.1, -0.05) is 24.3 Å². The number of sulfonamides is 1. The average Bonchev–Trinajstić information content (AvgIpc) is 3.48. The number of hydrogen-bond donors (Lipinski definition) is 1. The second kappa shape index (κ2) is 8.12. The van der Waals surface area contributed by atoms with Crippen molar-refractivity contribution in [2.75, 3.05) is 20.3 Å². The van der Waals surface area contributed by atoms with Gasteiger partial charge in [-0.15, -0.1) is 10.2 Å². The van der Waals surface area contributed by atoms with E-state index in [1.807, 2.05) is 31.2 Å². The number of aryl methyl sites for hydroxylation is 1. The Hall–Kier alpha value is -3.08. The number of benzene rings is 2. The van der Waals surface area contributed by atoms with Crippen LogP contribution < -0.4 is 9.46 Å². The van der Waals surface area contributed by atoms with Gasteiger partial charge in [0.15, 0.2) is 11.5 Å². The Morgan fingerprint density at radius 3 is 2.75 bits per heavy atom. The first-order valence-electron chi connectivity index (χ1n) is 10.4. The molecule has 0 saturated carbocycles. The van der Waals surface area contributed by atoms with Gasteiger partial charge in [0.25, 0.3) is 0 Å². The summed E-state index contributed by atoms with van der Waals surface area (Å²) in [4.78, 5) is 0.112. The van der Waals surface area contributed by atoms with E-state index >= 15 is 0 Å². The van der Waals surface area contributed by atoms with E-state index in [4.69, 9.17) is 9.47 Å². The lowest BCUT2D eigenvalue weighted by Crippen LogP contribution is -2.31. The minimum absolute atomic E-state index is 0.0941. The van der Waals surface area contributed by atoms with Gasteiger partial charge in [0.2, 0.25) is 10.0 Å². The van der Waals surface area contributed by atoms with Gasteiger partial charge in [-0.05, 0) is 38.0 Å². The predicted molar refractivity (Wildman–Crippen MR) is 119 cm³/mol. The fourth-order valence-electron chi connectivity index (χ4n) is 4.03. The van der Waals surface area contributed by atoms with Gasteiger partial charge < -0.3 is 9.47 Å². The SMILES string of the molecule is COc1ccc(S(=O)(=O)NC[C@@H]2CCCO2)cc1-c1nnc2c3ccccc3c(C)nn12. The van der Waals surface area contributed by atoms with E-state index in [0.29, 0.717) is 29.4 Å². The first-order chi connectivity index (χ1) is 15.5. The Kier molecular flexibility index (Phi) is 5.28. The molecule has 32 heavy (non-hydrogen) atoms. The molecule has 0 unspecified atom stereocenters. The highest BCUT2D eigenvalue weighted by atomic mass is 32.2. The lowest BCUT2D eigenvalue weighted by molar-refractivity contribution is 0.114. The minimum atomic E-state index is -3.75. The Labute approximate surface area is 185 Å². The molecule has 3 heterocycles. The maximum atomic E-state index is 12.9. The lowest BCUT2D eigenvalue weighted by Gasteiger charge is -2.13. The van der Waals surface area contributed by atoms with E-state index in [1.165, 1.54) is 13.2 Å². The number of ether oxygens (including phenoxy) is 2. The van der Waals surface area contributed by atoms with E-state index in [9.17, 15) is 8.42 Å². The van der Waals surface area contributed by atoms with Gasteiger partial charge in [-0.25, -0.2) is 13.1 Å². The molecule has 0 bridgehead atoms. The number of fused-ring (bicyclic) bond motifs is 3. The molecule has 5 rings (SSSR count). The molecule has 1 atom stereocenters. The molecule has 1 saturated heterocycles. The highest BCUT2D eigenvalue weighted by molar-refractivity contribution is 7.89. The van der Waals surface area contributed by atoms with Gasteiger partial charge in [-0.3, -0.25) is 0 Å². The molecule has 0 aliphatic carbocycles. The highest BCUT2D eigenvalue weighted by Gasteiger charge is 2.23. The Morgan fingerprint density at radius 2 is 2.00 bits per heavy atom. The fourth-order valence-corrected chi connectivity index (χ4v) is 5.12. The normalized spacial score (nSPS) is 16.8. The molecule has 0 amide bonds. The second-order valence-electron chi connectivity index (χ2n) is 7.74. The molecule has 2 aromatic carbocycles. The third-order valence-electron chi connectivity index (χ3n) is 5.70. The number of aromatic nitrogens is 4. The van der Waals surface area contributed by atoms with E-state index < -0.39 is 10.0 Å². The number of methoxy groups -OCH3 is 1. The number of hydrogen-bond acceptors (Lipinski definition) is 7. The Bertz CT molecular complexity index is 1410. The summed E-state index contributed by atoms with van der Waals surface area (Å²) < 4.78 is 41.2. The maximum Gasteiger partial charge on any atom is 0.240 e. The zero-order chi connectivity index (χ0) is 22.3. The summed E-state index contributed by atoms with van der Waals surface area (Å²) >= 11 is 0. The van der Waals surface area contributed by atoms with Crippen molar-refractivity contribution in [1.29, 1.82) is 0 Å². The summed E-state index contributed by atoms with van der Waals surface area (Å²) in [7, 11) is -2.22. The van der Waals surface area contributed by atoms with Crippen molar-refractivity contribution in [2.24, 2.45) is 0 Å².